The zero-order valence-electron chi connectivity index (χ0n) is 25.9. The maximum absolute atomic E-state index is 14.0. The molecule has 2 unspecified atom stereocenters. The minimum atomic E-state index is -0.405. The van der Waals surface area contributed by atoms with Crippen LogP contribution >= 0.6 is 0 Å². The Morgan fingerprint density at radius 3 is 2.33 bits per heavy atom. The van der Waals surface area contributed by atoms with E-state index in [1.807, 2.05) is 30.3 Å². The monoisotopic (exact) mass is 577 g/mol. The van der Waals surface area contributed by atoms with Crippen molar-refractivity contribution >= 4 is 16.9 Å². The number of amides is 1. The van der Waals surface area contributed by atoms with Crippen molar-refractivity contribution in [2.24, 2.45) is 5.92 Å². The van der Waals surface area contributed by atoms with Gasteiger partial charge in [-0.2, -0.15) is 0 Å². The summed E-state index contributed by atoms with van der Waals surface area (Å²) in [5.41, 5.74) is 9.77. The van der Waals surface area contributed by atoms with Gasteiger partial charge in [0.15, 0.2) is 0 Å². The third-order valence-electron chi connectivity index (χ3n) is 9.93. The number of rotatable bonds is 8. The second kappa shape index (κ2) is 13.5. The van der Waals surface area contributed by atoms with E-state index in [2.05, 4.69) is 54.1 Å². The molecule has 1 amide bonds. The Hall–Kier alpha value is -3.44. The van der Waals surface area contributed by atoms with E-state index in [-0.39, 0.29) is 18.4 Å². The Labute approximate surface area is 256 Å². The van der Waals surface area contributed by atoms with Crippen LogP contribution in [0.5, 0.6) is 0 Å². The lowest BCUT2D eigenvalue weighted by atomic mass is 9.80. The molecule has 2 atom stereocenters. The molecule has 2 aromatic heterocycles. The smallest absolute Gasteiger partial charge is 0.228 e. The fourth-order valence-corrected chi connectivity index (χ4v) is 7.79. The topological polar surface area (TPSA) is 67.2 Å². The van der Waals surface area contributed by atoms with Crippen LogP contribution in [0, 0.1) is 19.8 Å². The molecule has 5 heteroatoms. The molecule has 4 aromatic rings. The van der Waals surface area contributed by atoms with E-state index in [9.17, 15) is 9.90 Å². The number of pyridine rings is 1. The molecule has 2 aromatic carbocycles. The van der Waals surface area contributed by atoms with Gasteiger partial charge in [-0.1, -0.05) is 86.7 Å². The first-order valence-electron chi connectivity index (χ1n) is 16.6. The van der Waals surface area contributed by atoms with Crippen molar-refractivity contribution in [3.8, 4) is 0 Å². The molecule has 1 saturated carbocycles. The van der Waals surface area contributed by atoms with Crippen LogP contribution in [0.2, 0.25) is 0 Å². The van der Waals surface area contributed by atoms with Crippen molar-refractivity contribution in [3.63, 3.8) is 0 Å². The largest absolute Gasteiger partial charge is 0.394 e. The SMILES string of the molecule is Cc1cc(C)c2c3c(n(Cc4ccc(C(C(=O)NC(CO)c5ccccc5)C5CCCCCC5)cc4)c2n1)CCCCC3. The Balaban J connectivity index is 1.30. The molecule has 1 fully saturated rings. The first-order valence-corrected chi connectivity index (χ1v) is 16.6. The second-order valence-corrected chi connectivity index (χ2v) is 13.0. The number of hydrogen-bond acceptors (Lipinski definition) is 3. The van der Waals surface area contributed by atoms with Crippen LogP contribution in [0.1, 0.15) is 109 Å². The lowest BCUT2D eigenvalue weighted by Crippen LogP contribution is -2.37. The summed E-state index contributed by atoms with van der Waals surface area (Å²) in [6.07, 6.45) is 13.0. The number of carbonyl (C=O) groups is 1. The predicted molar refractivity (Wildman–Crippen MR) is 174 cm³/mol. The third-order valence-corrected chi connectivity index (χ3v) is 9.93. The summed E-state index contributed by atoms with van der Waals surface area (Å²) in [6.45, 7) is 5.01. The number of nitrogens with one attached hydrogen (secondary N) is 1. The molecule has 0 bridgehead atoms. The lowest BCUT2D eigenvalue weighted by molar-refractivity contribution is -0.125. The van der Waals surface area contributed by atoms with E-state index in [4.69, 9.17) is 4.98 Å². The van der Waals surface area contributed by atoms with Gasteiger partial charge in [-0.25, -0.2) is 4.98 Å². The summed E-state index contributed by atoms with van der Waals surface area (Å²) in [5, 5.41) is 14.8. The number of aromatic nitrogens is 2. The van der Waals surface area contributed by atoms with Crippen LogP contribution in [-0.4, -0.2) is 27.2 Å². The van der Waals surface area contributed by atoms with E-state index in [1.54, 1.807) is 0 Å². The Bertz CT molecular complexity index is 1530. The van der Waals surface area contributed by atoms with Crippen LogP contribution in [0.25, 0.3) is 11.0 Å². The highest BCUT2D eigenvalue weighted by Crippen LogP contribution is 2.37. The Morgan fingerprint density at radius 1 is 0.907 bits per heavy atom. The van der Waals surface area contributed by atoms with Crippen LogP contribution < -0.4 is 5.32 Å². The van der Waals surface area contributed by atoms with Crippen molar-refractivity contribution < 1.29 is 9.90 Å². The Kier molecular flexibility index (Phi) is 9.28. The van der Waals surface area contributed by atoms with Crippen LogP contribution in [0.15, 0.2) is 60.7 Å². The van der Waals surface area contributed by atoms with E-state index in [0.29, 0.717) is 5.92 Å². The molecule has 2 aliphatic carbocycles. The standard InChI is InChI=1S/C38H47N3O2/c1-26-23-27(2)39-37-35(26)32-17-11-6-12-18-34(32)41(37)24-28-19-21-31(22-20-28)36(30-15-7-3-4-8-16-30)38(43)40-33(25-42)29-13-9-5-10-14-29/h5,9-10,13-14,19-23,30,33,36,42H,3-4,6-8,11-12,15-18,24-25H2,1-2H3,(H,40,43). The summed E-state index contributed by atoms with van der Waals surface area (Å²) in [5.74, 6) is 0.114. The number of benzene rings is 2. The summed E-state index contributed by atoms with van der Waals surface area (Å²) in [6, 6.07) is 20.5. The van der Waals surface area contributed by atoms with Gasteiger partial charge in [0.1, 0.15) is 5.65 Å². The fourth-order valence-electron chi connectivity index (χ4n) is 7.79. The lowest BCUT2D eigenvalue weighted by Gasteiger charge is -2.28. The number of hydrogen-bond donors (Lipinski definition) is 2. The van der Waals surface area contributed by atoms with Crippen molar-refractivity contribution in [3.05, 3.63) is 99.9 Å². The maximum atomic E-state index is 14.0. The average Bonchev–Trinajstić information content (AvgIpc) is 3.26. The van der Waals surface area contributed by atoms with E-state index < -0.39 is 6.04 Å². The summed E-state index contributed by atoms with van der Waals surface area (Å²) < 4.78 is 2.48. The average molecular weight is 578 g/mol. The van der Waals surface area contributed by atoms with Gasteiger partial charge in [0.2, 0.25) is 5.91 Å². The van der Waals surface area contributed by atoms with E-state index >= 15 is 0 Å². The van der Waals surface area contributed by atoms with Gasteiger partial charge in [0.25, 0.3) is 0 Å². The van der Waals surface area contributed by atoms with Gasteiger partial charge in [-0.15, -0.1) is 0 Å². The minimum Gasteiger partial charge on any atom is -0.394 e. The molecule has 2 aliphatic rings. The van der Waals surface area contributed by atoms with Gasteiger partial charge in [0, 0.05) is 23.3 Å². The summed E-state index contributed by atoms with van der Waals surface area (Å²) in [4.78, 5) is 19.1. The van der Waals surface area contributed by atoms with Crippen LogP contribution in [0.4, 0.5) is 0 Å². The quantitative estimate of drug-likeness (QED) is 0.165. The van der Waals surface area contributed by atoms with Crippen LogP contribution in [-0.2, 0) is 24.2 Å². The first kappa shape index (κ1) is 29.6. The summed E-state index contributed by atoms with van der Waals surface area (Å²) >= 11 is 0. The number of aryl methyl sites for hydroxylation is 3. The van der Waals surface area contributed by atoms with Crippen molar-refractivity contribution in [2.45, 2.75) is 103 Å². The molecule has 0 radical (unpaired) electrons. The highest BCUT2D eigenvalue weighted by molar-refractivity contribution is 5.86. The van der Waals surface area contributed by atoms with Gasteiger partial charge < -0.3 is 15.0 Å². The zero-order valence-corrected chi connectivity index (χ0v) is 25.9. The Morgan fingerprint density at radius 2 is 1.60 bits per heavy atom. The molecule has 0 aliphatic heterocycles. The molecule has 2 heterocycles. The van der Waals surface area contributed by atoms with Crippen molar-refractivity contribution in [1.82, 2.24) is 14.9 Å². The number of aliphatic hydroxyl groups is 1. The molecule has 0 spiro atoms. The van der Waals surface area contributed by atoms with Gasteiger partial charge in [-0.3, -0.25) is 4.79 Å². The fraction of sp³-hybridized carbons (Fsp3) is 0.474. The molecule has 6 rings (SSSR count). The number of fused-ring (bicyclic) bond motifs is 3. The zero-order chi connectivity index (χ0) is 29.8. The molecular formula is C38H47N3O2. The van der Waals surface area contributed by atoms with Crippen molar-refractivity contribution in [2.75, 3.05) is 6.61 Å². The molecule has 0 saturated heterocycles. The van der Waals surface area contributed by atoms with Gasteiger partial charge >= 0.3 is 0 Å². The highest BCUT2D eigenvalue weighted by Gasteiger charge is 2.32. The van der Waals surface area contributed by atoms with Crippen LogP contribution in [0.3, 0.4) is 0 Å². The normalized spacial score (nSPS) is 17.6. The molecular weight excluding hydrogens is 530 g/mol. The van der Waals surface area contributed by atoms with E-state index in [0.717, 1.165) is 54.7 Å². The van der Waals surface area contributed by atoms with Gasteiger partial charge in [0.05, 0.1) is 18.6 Å². The predicted octanol–water partition coefficient (Wildman–Crippen LogP) is 7.87. The maximum Gasteiger partial charge on any atom is 0.228 e. The summed E-state index contributed by atoms with van der Waals surface area (Å²) in [7, 11) is 0. The molecule has 43 heavy (non-hydrogen) atoms. The number of aliphatic hydroxyl groups excluding tert-OH is 1. The third kappa shape index (κ3) is 6.43. The van der Waals surface area contributed by atoms with Gasteiger partial charge in [-0.05, 0) is 92.2 Å². The van der Waals surface area contributed by atoms with Crippen molar-refractivity contribution in [1.29, 1.82) is 0 Å². The second-order valence-electron chi connectivity index (χ2n) is 13.0. The molecule has 5 nitrogen and oxygen atoms in total. The molecule has 2 N–H and O–H groups in total. The minimum absolute atomic E-state index is 0.0272. The number of nitrogens with zero attached hydrogens (tertiary/aromatic N) is 2. The first-order chi connectivity index (χ1) is 21.0. The molecule has 226 valence electrons. The number of carbonyl (C=O) groups excluding carboxylic acids is 1. The van der Waals surface area contributed by atoms with E-state index in [1.165, 1.54) is 72.7 Å². The highest BCUT2D eigenvalue weighted by atomic mass is 16.3.